The van der Waals surface area contributed by atoms with Gasteiger partial charge in [0.15, 0.2) is 0 Å². The topological polar surface area (TPSA) is 48.3 Å². The second kappa shape index (κ2) is 7.43. The maximum Gasteiger partial charge on any atom is 0.119 e. The van der Waals surface area contributed by atoms with Gasteiger partial charge in [-0.1, -0.05) is 0 Å². The summed E-state index contributed by atoms with van der Waals surface area (Å²) in [6, 6.07) is 7.60. The number of ether oxygens (including phenoxy) is 2. The standard InChI is InChI=1S/C14H19N3O2/c1-18-13-2-4-14(5-3-13)19-11-8-15-6-9-17-10-7-16-12-17/h2-5,7,10,12,15H,6,8-9,11H2,1H3. The van der Waals surface area contributed by atoms with Gasteiger partial charge in [-0.2, -0.15) is 0 Å². The van der Waals surface area contributed by atoms with Gasteiger partial charge in [0, 0.05) is 32.0 Å². The molecule has 5 heteroatoms. The van der Waals surface area contributed by atoms with Crippen molar-refractivity contribution in [1.29, 1.82) is 0 Å². The molecule has 1 aromatic carbocycles. The van der Waals surface area contributed by atoms with E-state index in [1.54, 1.807) is 13.3 Å². The third kappa shape index (κ3) is 4.63. The summed E-state index contributed by atoms with van der Waals surface area (Å²) >= 11 is 0. The van der Waals surface area contributed by atoms with Gasteiger partial charge in [-0.15, -0.1) is 0 Å². The minimum atomic E-state index is 0.649. The Kier molecular flexibility index (Phi) is 5.25. The van der Waals surface area contributed by atoms with Crippen molar-refractivity contribution in [2.24, 2.45) is 0 Å². The van der Waals surface area contributed by atoms with E-state index in [-0.39, 0.29) is 0 Å². The van der Waals surface area contributed by atoms with Gasteiger partial charge in [0.2, 0.25) is 0 Å². The number of hydrogen-bond donors (Lipinski definition) is 1. The van der Waals surface area contributed by atoms with Crippen molar-refractivity contribution in [3.8, 4) is 11.5 Å². The van der Waals surface area contributed by atoms with Crippen LogP contribution in [0.5, 0.6) is 11.5 Å². The van der Waals surface area contributed by atoms with Crippen molar-refractivity contribution in [1.82, 2.24) is 14.9 Å². The summed E-state index contributed by atoms with van der Waals surface area (Å²) in [5, 5.41) is 3.32. The van der Waals surface area contributed by atoms with Gasteiger partial charge in [-0.3, -0.25) is 0 Å². The molecular formula is C14H19N3O2. The Labute approximate surface area is 113 Å². The van der Waals surface area contributed by atoms with Crippen molar-refractivity contribution in [2.45, 2.75) is 6.54 Å². The molecule has 5 nitrogen and oxygen atoms in total. The molecule has 0 spiro atoms. The van der Waals surface area contributed by atoms with Crippen LogP contribution in [0.1, 0.15) is 0 Å². The van der Waals surface area contributed by atoms with Crippen LogP contribution >= 0.6 is 0 Å². The number of aromatic nitrogens is 2. The van der Waals surface area contributed by atoms with Crippen molar-refractivity contribution in [2.75, 3.05) is 26.8 Å². The van der Waals surface area contributed by atoms with Crippen molar-refractivity contribution in [3.63, 3.8) is 0 Å². The molecule has 0 unspecified atom stereocenters. The fourth-order valence-electron chi connectivity index (χ4n) is 1.67. The van der Waals surface area contributed by atoms with Crippen LogP contribution in [0.3, 0.4) is 0 Å². The minimum absolute atomic E-state index is 0.649. The van der Waals surface area contributed by atoms with Gasteiger partial charge >= 0.3 is 0 Å². The highest BCUT2D eigenvalue weighted by atomic mass is 16.5. The summed E-state index contributed by atoms with van der Waals surface area (Å²) in [4.78, 5) is 3.99. The van der Waals surface area contributed by atoms with E-state index in [1.165, 1.54) is 0 Å². The molecule has 19 heavy (non-hydrogen) atoms. The monoisotopic (exact) mass is 261 g/mol. The van der Waals surface area contributed by atoms with E-state index in [1.807, 2.05) is 41.4 Å². The normalized spacial score (nSPS) is 10.4. The van der Waals surface area contributed by atoms with E-state index in [4.69, 9.17) is 9.47 Å². The largest absolute Gasteiger partial charge is 0.497 e. The molecule has 0 bridgehead atoms. The zero-order valence-corrected chi connectivity index (χ0v) is 11.1. The fourth-order valence-corrected chi connectivity index (χ4v) is 1.67. The summed E-state index contributed by atoms with van der Waals surface area (Å²) in [7, 11) is 1.65. The van der Waals surface area contributed by atoms with Crippen molar-refractivity contribution < 1.29 is 9.47 Å². The van der Waals surface area contributed by atoms with Crippen molar-refractivity contribution in [3.05, 3.63) is 43.0 Å². The maximum atomic E-state index is 5.61. The minimum Gasteiger partial charge on any atom is -0.497 e. The molecule has 1 N–H and O–H groups in total. The Bertz CT molecular complexity index is 454. The lowest BCUT2D eigenvalue weighted by molar-refractivity contribution is 0.312. The highest BCUT2D eigenvalue weighted by molar-refractivity contribution is 5.31. The molecule has 0 saturated heterocycles. The van der Waals surface area contributed by atoms with E-state index >= 15 is 0 Å². The van der Waals surface area contributed by atoms with Gasteiger partial charge in [-0.25, -0.2) is 4.98 Å². The van der Waals surface area contributed by atoms with Crippen LogP contribution in [-0.2, 0) is 6.54 Å². The summed E-state index contributed by atoms with van der Waals surface area (Å²) in [5.74, 6) is 1.70. The molecule has 0 fully saturated rings. The number of benzene rings is 1. The van der Waals surface area contributed by atoms with Gasteiger partial charge in [-0.05, 0) is 24.3 Å². The first kappa shape index (κ1) is 13.4. The number of methoxy groups -OCH3 is 1. The van der Waals surface area contributed by atoms with E-state index in [9.17, 15) is 0 Å². The number of imidazole rings is 1. The van der Waals surface area contributed by atoms with E-state index < -0.39 is 0 Å². The average molecular weight is 261 g/mol. The predicted molar refractivity (Wildman–Crippen MR) is 73.6 cm³/mol. The molecule has 102 valence electrons. The van der Waals surface area contributed by atoms with Crippen molar-refractivity contribution >= 4 is 0 Å². The molecule has 0 aliphatic rings. The van der Waals surface area contributed by atoms with Crippen LogP contribution in [0.25, 0.3) is 0 Å². The number of rotatable bonds is 8. The summed E-state index contributed by atoms with van der Waals surface area (Å²) < 4.78 is 12.7. The molecular weight excluding hydrogens is 242 g/mol. The first-order valence-electron chi connectivity index (χ1n) is 6.32. The third-order valence-corrected chi connectivity index (χ3v) is 2.71. The summed E-state index contributed by atoms with van der Waals surface area (Å²) in [5.41, 5.74) is 0. The molecule has 0 radical (unpaired) electrons. The first-order chi connectivity index (χ1) is 9.38. The Balaban J connectivity index is 1.56. The Morgan fingerprint density at radius 2 is 1.95 bits per heavy atom. The molecule has 0 amide bonds. The quantitative estimate of drug-likeness (QED) is 0.733. The summed E-state index contributed by atoms with van der Waals surface area (Å²) in [6.07, 6.45) is 5.55. The molecule has 1 heterocycles. The SMILES string of the molecule is COc1ccc(OCCNCCn2ccnc2)cc1. The van der Waals surface area contributed by atoms with E-state index in [0.29, 0.717) is 6.61 Å². The van der Waals surface area contributed by atoms with Gasteiger partial charge in [0.25, 0.3) is 0 Å². The number of nitrogens with one attached hydrogen (secondary N) is 1. The maximum absolute atomic E-state index is 5.61. The number of nitrogens with zero attached hydrogens (tertiary/aromatic N) is 2. The molecule has 0 aliphatic heterocycles. The zero-order chi connectivity index (χ0) is 13.3. The second-order valence-corrected chi connectivity index (χ2v) is 4.07. The highest BCUT2D eigenvalue weighted by Crippen LogP contribution is 2.16. The Morgan fingerprint density at radius 1 is 1.16 bits per heavy atom. The predicted octanol–water partition coefficient (Wildman–Crippen LogP) is 1.56. The lowest BCUT2D eigenvalue weighted by atomic mass is 10.3. The average Bonchev–Trinajstić information content (AvgIpc) is 2.96. The van der Waals surface area contributed by atoms with Gasteiger partial charge in [0.05, 0.1) is 13.4 Å². The molecule has 1 aromatic heterocycles. The van der Waals surface area contributed by atoms with Crippen LogP contribution in [0.15, 0.2) is 43.0 Å². The van der Waals surface area contributed by atoms with E-state index in [0.717, 1.165) is 31.1 Å². The fraction of sp³-hybridized carbons (Fsp3) is 0.357. The summed E-state index contributed by atoms with van der Waals surface area (Å²) in [6.45, 7) is 3.29. The molecule has 0 aliphatic carbocycles. The molecule has 0 saturated carbocycles. The van der Waals surface area contributed by atoms with Gasteiger partial charge < -0.3 is 19.4 Å². The third-order valence-electron chi connectivity index (χ3n) is 2.71. The second-order valence-electron chi connectivity index (χ2n) is 4.07. The van der Waals surface area contributed by atoms with Crippen LogP contribution in [-0.4, -0.2) is 36.4 Å². The first-order valence-corrected chi connectivity index (χ1v) is 6.32. The lowest BCUT2D eigenvalue weighted by Crippen LogP contribution is -2.24. The van der Waals surface area contributed by atoms with Crippen LogP contribution in [0.2, 0.25) is 0 Å². The van der Waals surface area contributed by atoms with Crippen LogP contribution in [0.4, 0.5) is 0 Å². The molecule has 2 rings (SSSR count). The van der Waals surface area contributed by atoms with Gasteiger partial charge in [0.1, 0.15) is 18.1 Å². The van der Waals surface area contributed by atoms with E-state index in [2.05, 4.69) is 10.3 Å². The van der Waals surface area contributed by atoms with Crippen LogP contribution < -0.4 is 14.8 Å². The Hall–Kier alpha value is -2.01. The lowest BCUT2D eigenvalue weighted by Gasteiger charge is -2.08. The number of hydrogen-bond acceptors (Lipinski definition) is 4. The Morgan fingerprint density at radius 3 is 2.63 bits per heavy atom. The molecule has 2 aromatic rings. The highest BCUT2D eigenvalue weighted by Gasteiger charge is 1.95. The molecule has 0 atom stereocenters. The van der Waals surface area contributed by atoms with Crippen LogP contribution in [0, 0.1) is 0 Å². The smallest absolute Gasteiger partial charge is 0.119 e. The zero-order valence-electron chi connectivity index (χ0n) is 11.1.